The van der Waals surface area contributed by atoms with Crippen molar-refractivity contribution in [2.24, 2.45) is 0 Å². The summed E-state index contributed by atoms with van der Waals surface area (Å²) in [4.78, 5) is 8.57. The van der Waals surface area contributed by atoms with Gasteiger partial charge in [0.15, 0.2) is 0 Å². The molecule has 0 aliphatic carbocycles. The fraction of sp³-hybridized carbons (Fsp3) is 0.273. The Balaban J connectivity index is 2.63. The molecular formula is C11H14N2Si. The number of hydrogen-bond donors (Lipinski definition) is 0. The zero-order valence-electron chi connectivity index (χ0n) is 8.78. The van der Waals surface area contributed by atoms with Crippen LogP contribution in [0.4, 0.5) is 0 Å². The number of benzene rings is 1. The summed E-state index contributed by atoms with van der Waals surface area (Å²) in [6.45, 7) is 7.01. The zero-order valence-corrected chi connectivity index (χ0v) is 9.78. The summed E-state index contributed by atoms with van der Waals surface area (Å²) in [5.41, 5.74) is 1.99. The second kappa shape index (κ2) is 3.17. The van der Waals surface area contributed by atoms with Crippen LogP contribution in [0, 0.1) is 0 Å². The fourth-order valence-corrected chi connectivity index (χ4v) is 2.58. The van der Waals surface area contributed by atoms with Gasteiger partial charge >= 0.3 is 0 Å². The van der Waals surface area contributed by atoms with Crippen LogP contribution in [0.2, 0.25) is 19.6 Å². The summed E-state index contributed by atoms with van der Waals surface area (Å²) < 4.78 is 0. The summed E-state index contributed by atoms with van der Waals surface area (Å²) >= 11 is 0. The van der Waals surface area contributed by atoms with Gasteiger partial charge in [-0.05, 0) is 12.1 Å². The van der Waals surface area contributed by atoms with E-state index in [1.165, 1.54) is 5.19 Å². The van der Waals surface area contributed by atoms with Gasteiger partial charge in [-0.1, -0.05) is 30.9 Å². The normalized spacial score (nSPS) is 11.9. The Morgan fingerprint density at radius 3 is 2.21 bits per heavy atom. The van der Waals surface area contributed by atoms with Crippen molar-refractivity contribution in [2.45, 2.75) is 19.6 Å². The Morgan fingerprint density at radius 1 is 0.929 bits per heavy atom. The minimum absolute atomic E-state index is 0.981. The van der Waals surface area contributed by atoms with Crippen LogP contribution < -0.4 is 5.19 Å². The van der Waals surface area contributed by atoms with Crippen molar-refractivity contribution in [1.29, 1.82) is 0 Å². The molecule has 2 rings (SSSR count). The number of rotatable bonds is 1. The molecule has 1 aromatic carbocycles. The number of hydrogen-bond acceptors (Lipinski definition) is 2. The average Bonchev–Trinajstić information content (AvgIpc) is 2.16. The number of fused-ring (bicyclic) bond motifs is 1. The second-order valence-electron chi connectivity index (χ2n) is 4.51. The topological polar surface area (TPSA) is 25.8 Å². The largest absolute Gasteiger partial charge is 0.253 e. The standard InChI is InChI=1S/C11H14N2Si/c1-14(2,3)9-4-5-10-11(8-9)13-7-6-12-10/h4-8H,1-3H3. The highest BCUT2D eigenvalue weighted by atomic mass is 28.3. The van der Waals surface area contributed by atoms with Crippen LogP contribution in [-0.4, -0.2) is 18.0 Å². The van der Waals surface area contributed by atoms with Crippen LogP contribution in [0.1, 0.15) is 0 Å². The fourth-order valence-electron chi connectivity index (χ4n) is 1.43. The smallest absolute Gasteiger partial charge is 0.0886 e. The Hall–Kier alpha value is -1.22. The molecule has 0 N–H and O–H groups in total. The van der Waals surface area contributed by atoms with Crippen molar-refractivity contribution in [2.75, 3.05) is 0 Å². The summed E-state index contributed by atoms with van der Waals surface area (Å²) in [5, 5.41) is 1.44. The first kappa shape index (κ1) is 9.34. The van der Waals surface area contributed by atoms with Gasteiger partial charge < -0.3 is 0 Å². The highest BCUT2D eigenvalue weighted by molar-refractivity contribution is 6.88. The quantitative estimate of drug-likeness (QED) is 0.662. The molecule has 0 radical (unpaired) electrons. The van der Waals surface area contributed by atoms with Crippen LogP contribution in [0.25, 0.3) is 11.0 Å². The average molecular weight is 202 g/mol. The molecule has 0 atom stereocenters. The van der Waals surface area contributed by atoms with Crippen molar-refractivity contribution >= 4 is 24.3 Å². The lowest BCUT2D eigenvalue weighted by atomic mass is 10.3. The lowest BCUT2D eigenvalue weighted by Gasteiger charge is -2.16. The van der Waals surface area contributed by atoms with E-state index in [9.17, 15) is 0 Å². The minimum atomic E-state index is -1.22. The van der Waals surface area contributed by atoms with Crippen molar-refractivity contribution in [3.8, 4) is 0 Å². The first-order valence-corrected chi connectivity index (χ1v) is 8.28. The predicted octanol–water partition coefficient (Wildman–Crippen LogP) is 2.17. The number of nitrogens with zero attached hydrogens (tertiary/aromatic N) is 2. The van der Waals surface area contributed by atoms with Gasteiger partial charge in [-0.15, -0.1) is 0 Å². The van der Waals surface area contributed by atoms with E-state index in [0.717, 1.165) is 11.0 Å². The molecule has 1 heterocycles. The molecule has 2 aromatic rings. The first-order valence-electron chi connectivity index (χ1n) is 4.78. The molecule has 2 nitrogen and oxygen atoms in total. The molecule has 0 spiro atoms. The SMILES string of the molecule is C[Si](C)(C)c1ccc2nccnc2c1. The van der Waals surface area contributed by atoms with E-state index in [4.69, 9.17) is 0 Å². The Bertz CT molecular complexity index is 460. The van der Waals surface area contributed by atoms with Gasteiger partial charge in [0.2, 0.25) is 0 Å². The van der Waals surface area contributed by atoms with E-state index in [1.807, 2.05) is 0 Å². The van der Waals surface area contributed by atoms with E-state index in [2.05, 4.69) is 47.8 Å². The molecule has 3 heteroatoms. The molecule has 0 saturated carbocycles. The van der Waals surface area contributed by atoms with Gasteiger partial charge in [0, 0.05) is 12.4 Å². The maximum atomic E-state index is 4.32. The lowest BCUT2D eigenvalue weighted by molar-refractivity contribution is 1.30. The molecule has 0 saturated heterocycles. The third kappa shape index (κ3) is 1.68. The number of aromatic nitrogens is 2. The van der Waals surface area contributed by atoms with Crippen LogP contribution >= 0.6 is 0 Å². The van der Waals surface area contributed by atoms with Crippen LogP contribution in [-0.2, 0) is 0 Å². The molecule has 0 amide bonds. The van der Waals surface area contributed by atoms with Gasteiger partial charge in [0.1, 0.15) is 0 Å². The molecule has 72 valence electrons. The van der Waals surface area contributed by atoms with Crippen LogP contribution in [0.5, 0.6) is 0 Å². The summed E-state index contributed by atoms with van der Waals surface area (Å²) in [6.07, 6.45) is 3.48. The molecule has 14 heavy (non-hydrogen) atoms. The maximum absolute atomic E-state index is 4.32. The van der Waals surface area contributed by atoms with Gasteiger partial charge in [0.25, 0.3) is 0 Å². The van der Waals surface area contributed by atoms with Crippen molar-refractivity contribution in [3.63, 3.8) is 0 Å². The highest BCUT2D eigenvalue weighted by Gasteiger charge is 2.16. The highest BCUT2D eigenvalue weighted by Crippen LogP contribution is 2.09. The van der Waals surface area contributed by atoms with Gasteiger partial charge in [-0.2, -0.15) is 0 Å². The Kier molecular flexibility index (Phi) is 2.11. The van der Waals surface area contributed by atoms with E-state index < -0.39 is 8.07 Å². The van der Waals surface area contributed by atoms with E-state index in [1.54, 1.807) is 12.4 Å². The third-order valence-electron chi connectivity index (χ3n) is 2.34. The van der Waals surface area contributed by atoms with Crippen molar-refractivity contribution < 1.29 is 0 Å². The van der Waals surface area contributed by atoms with Crippen molar-refractivity contribution in [3.05, 3.63) is 30.6 Å². The molecule has 0 aliphatic rings. The van der Waals surface area contributed by atoms with E-state index in [-0.39, 0.29) is 0 Å². The predicted molar refractivity (Wildman–Crippen MR) is 62.5 cm³/mol. The third-order valence-corrected chi connectivity index (χ3v) is 4.38. The molecule has 0 aliphatic heterocycles. The lowest BCUT2D eigenvalue weighted by Crippen LogP contribution is -2.37. The van der Waals surface area contributed by atoms with E-state index >= 15 is 0 Å². The molecule has 0 unspecified atom stereocenters. The zero-order chi connectivity index (χ0) is 10.2. The molecule has 0 bridgehead atoms. The van der Waals surface area contributed by atoms with Crippen molar-refractivity contribution in [1.82, 2.24) is 9.97 Å². The van der Waals surface area contributed by atoms with Gasteiger partial charge in [-0.3, -0.25) is 9.97 Å². The van der Waals surface area contributed by atoms with Crippen LogP contribution in [0.15, 0.2) is 30.6 Å². The maximum Gasteiger partial charge on any atom is 0.0886 e. The second-order valence-corrected chi connectivity index (χ2v) is 9.59. The van der Waals surface area contributed by atoms with Gasteiger partial charge in [-0.25, -0.2) is 0 Å². The molecular weight excluding hydrogens is 188 g/mol. The summed E-state index contributed by atoms with van der Waals surface area (Å²) in [5.74, 6) is 0. The Morgan fingerprint density at radius 2 is 1.57 bits per heavy atom. The monoisotopic (exact) mass is 202 g/mol. The van der Waals surface area contributed by atoms with Gasteiger partial charge in [0.05, 0.1) is 19.1 Å². The first-order chi connectivity index (χ1) is 6.57. The molecule has 0 fully saturated rings. The Labute approximate surface area is 85.0 Å². The van der Waals surface area contributed by atoms with E-state index in [0.29, 0.717) is 0 Å². The summed E-state index contributed by atoms with van der Waals surface area (Å²) in [7, 11) is -1.22. The summed E-state index contributed by atoms with van der Waals surface area (Å²) in [6, 6.07) is 6.42. The van der Waals surface area contributed by atoms with Crippen LogP contribution in [0.3, 0.4) is 0 Å². The molecule has 1 aromatic heterocycles. The minimum Gasteiger partial charge on any atom is -0.253 e.